The first-order valence-electron chi connectivity index (χ1n) is 14.7. The molecule has 2 aromatic carbocycles. The van der Waals surface area contributed by atoms with Crippen LogP contribution in [0.5, 0.6) is 5.75 Å². The zero-order valence-corrected chi connectivity index (χ0v) is 24.4. The Morgan fingerprint density at radius 3 is 1.95 bits per heavy atom. The van der Waals surface area contributed by atoms with E-state index in [-0.39, 0.29) is 5.91 Å². The van der Waals surface area contributed by atoms with E-state index in [0.29, 0.717) is 6.42 Å². The van der Waals surface area contributed by atoms with Crippen LogP contribution in [0.15, 0.2) is 60.1 Å². The number of aromatic nitrogens is 1. The predicted octanol–water partition coefficient (Wildman–Crippen LogP) is 8.65. The molecule has 0 aliphatic carbocycles. The zero-order chi connectivity index (χ0) is 26.8. The Balaban J connectivity index is 1.24. The summed E-state index contributed by atoms with van der Waals surface area (Å²) in [4.78, 5) is 12.5. The number of nitrogens with zero attached hydrogens (tertiary/aromatic N) is 1. The second-order valence-corrected chi connectivity index (χ2v) is 11.5. The van der Waals surface area contributed by atoms with Gasteiger partial charge in [-0.2, -0.15) is 4.57 Å². The highest BCUT2D eigenvalue weighted by Crippen LogP contribution is 2.16. The van der Waals surface area contributed by atoms with Gasteiger partial charge in [-0.1, -0.05) is 113 Å². The highest BCUT2D eigenvalue weighted by atomic mass is 32.1. The van der Waals surface area contributed by atoms with Gasteiger partial charge >= 0.3 is 0 Å². The van der Waals surface area contributed by atoms with Gasteiger partial charge in [0.1, 0.15) is 5.75 Å². The average Bonchev–Trinajstić information content (AvgIpc) is 3.33. The van der Waals surface area contributed by atoms with Crippen molar-refractivity contribution in [3.63, 3.8) is 0 Å². The summed E-state index contributed by atoms with van der Waals surface area (Å²) in [5.74, 6) is 0.873. The van der Waals surface area contributed by atoms with Crippen LogP contribution in [0.1, 0.15) is 100 Å². The number of unbranched alkanes of at least 4 members (excludes halogenated alkanes) is 11. The molecule has 5 heteroatoms. The first-order chi connectivity index (χ1) is 18.6. The number of hydrogen-bond acceptors (Lipinski definition) is 3. The molecule has 0 spiro atoms. The summed E-state index contributed by atoms with van der Waals surface area (Å²) in [6.07, 6.45) is 18.6. The molecule has 0 atom stereocenters. The zero-order valence-electron chi connectivity index (χ0n) is 23.6. The Morgan fingerprint density at radius 2 is 1.37 bits per heavy atom. The van der Waals surface area contributed by atoms with Crippen molar-refractivity contribution in [2.75, 3.05) is 11.9 Å². The number of ether oxygens (including phenoxy) is 1. The lowest BCUT2D eigenvalue weighted by molar-refractivity contribution is -0.689. The molecule has 1 amide bonds. The number of hydrogen-bond donors (Lipinski definition) is 1. The molecule has 1 N–H and O–H groups in total. The number of rotatable bonds is 19. The quantitative estimate of drug-likeness (QED) is 0.123. The SMILES string of the molecule is CCCCCCCCCCCCCCOc1ccc(CC(=O)Nc2ccc(C[n+]3ccsc3C)cc2)cc1. The van der Waals surface area contributed by atoms with Crippen molar-refractivity contribution in [2.45, 2.75) is 104 Å². The van der Waals surface area contributed by atoms with Crippen molar-refractivity contribution >= 4 is 22.9 Å². The van der Waals surface area contributed by atoms with E-state index < -0.39 is 0 Å². The van der Waals surface area contributed by atoms with Crippen LogP contribution in [0.25, 0.3) is 0 Å². The molecule has 1 heterocycles. The van der Waals surface area contributed by atoms with Gasteiger partial charge in [-0.15, -0.1) is 0 Å². The molecule has 38 heavy (non-hydrogen) atoms. The number of anilines is 1. The standard InChI is InChI=1S/C33H46N2O2S/c1-3-4-5-6-7-8-9-10-11-12-13-14-24-37-32-21-17-29(18-22-32)26-33(36)34-31-19-15-30(16-20-31)27-35-23-25-38-28(35)2/h15-23,25H,3-14,24,26-27H2,1-2H3/p+1. The van der Waals surface area contributed by atoms with Gasteiger partial charge in [-0.05, 0) is 36.2 Å². The maximum atomic E-state index is 12.5. The van der Waals surface area contributed by atoms with Crippen molar-refractivity contribution in [1.29, 1.82) is 0 Å². The van der Waals surface area contributed by atoms with Crippen LogP contribution in [-0.4, -0.2) is 12.5 Å². The van der Waals surface area contributed by atoms with Crippen molar-refractivity contribution in [3.05, 3.63) is 76.2 Å². The number of carbonyl (C=O) groups is 1. The maximum Gasteiger partial charge on any atom is 0.234 e. The third-order valence-corrected chi connectivity index (χ3v) is 7.86. The van der Waals surface area contributed by atoms with Crippen LogP contribution in [0.2, 0.25) is 0 Å². The van der Waals surface area contributed by atoms with E-state index in [4.69, 9.17) is 4.74 Å². The summed E-state index contributed by atoms with van der Waals surface area (Å²) < 4.78 is 8.13. The molecular weight excluding hydrogens is 488 g/mol. The molecule has 4 nitrogen and oxygen atoms in total. The lowest BCUT2D eigenvalue weighted by atomic mass is 10.1. The normalized spacial score (nSPS) is 11.0. The van der Waals surface area contributed by atoms with Gasteiger partial charge in [0.15, 0.2) is 12.7 Å². The Labute approximate surface area is 234 Å². The fourth-order valence-corrected chi connectivity index (χ4v) is 5.32. The highest BCUT2D eigenvalue weighted by Gasteiger charge is 2.09. The molecular formula is C33H47N2O2S+. The molecule has 0 aliphatic rings. The number of aryl methyl sites for hydroxylation is 1. The molecule has 0 unspecified atom stereocenters. The third kappa shape index (κ3) is 11.8. The molecule has 3 aromatic rings. The molecule has 0 saturated heterocycles. The smallest absolute Gasteiger partial charge is 0.234 e. The Bertz CT molecular complexity index is 1040. The minimum absolute atomic E-state index is 0.00837. The monoisotopic (exact) mass is 535 g/mol. The van der Waals surface area contributed by atoms with Gasteiger partial charge in [-0.25, -0.2) is 0 Å². The molecule has 0 aliphatic heterocycles. The van der Waals surface area contributed by atoms with E-state index >= 15 is 0 Å². The molecule has 1 aromatic heterocycles. The summed E-state index contributed by atoms with van der Waals surface area (Å²) in [5, 5.41) is 6.39. The van der Waals surface area contributed by atoms with E-state index in [1.54, 1.807) is 11.3 Å². The maximum absolute atomic E-state index is 12.5. The second-order valence-electron chi connectivity index (χ2n) is 10.4. The van der Waals surface area contributed by atoms with Crippen LogP contribution in [0.4, 0.5) is 5.69 Å². The van der Waals surface area contributed by atoms with Crippen molar-refractivity contribution in [2.24, 2.45) is 0 Å². The fourth-order valence-electron chi connectivity index (χ4n) is 4.66. The van der Waals surface area contributed by atoms with Crippen LogP contribution >= 0.6 is 11.3 Å². The highest BCUT2D eigenvalue weighted by molar-refractivity contribution is 7.09. The molecule has 0 fully saturated rings. The van der Waals surface area contributed by atoms with Gasteiger partial charge < -0.3 is 10.1 Å². The summed E-state index contributed by atoms with van der Waals surface area (Å²) in [6.45, 7) is 6.01. The first-order valence-corrected chi connectivity index (χ1v) is 15.6. The Kier molecular flexibility index (Phi) is 14.0. The van der Waals surface area contributed by atoms with Crippen LogP contribution in [-0.2, 0) is 17.8 Å². The van der Waals surface area contributed by atoms with Gasteiger partial charge in [-0.3, -0.25) is 4.79 Å². The first kappa shape index (κ1) is 29.9. The van der Waals surface area contributed by atoms with Crippen molar-refractivity contribution in [1.82, 2.24) is 0 Å². The molecule has 0 radical (unpaired) electrons. The minimum atomic E-state index is -0.00837. The molecule has 0 saturated carbocycles. The van der Waals surface area contributed by atoms with E-state index in [0.717, 1.165) is 36.6 Å². The van der Waals surface area contributed by atoms with Crippen LogP contribution < -0.4 is 14.6 Å². The average molecular weight is 536 g/mol. The van der Waals surface area contributed by atoms with E-state index in [2.05, 4.69) is 47.4 Å². The molecule has 0 bridgehead atoms. The number of benzene rings is 2. The Morgan fingerprint density at radius 1 is 0.789 bits per heavy atom. The topological polar surface area (TPSA) is 42.2 Å². The summed E-state index contributed by atoms with van der Waals surface area (Å²) in [6, 6.07) is 16.0. The van der Waals surface area contributed by atoms with Crippen LogP contribution in [0.3, 0.4) is 0 Å². The summed E-state index contributed by atoms with van der Waals surface area (Å²) >= 11 is 1.75. The van der Waals surface area contributed by atoms with E-state index in [1.807, 2.05) is 36.4 Å². The third-order valence-electron chi connectivity index (χ3n) is 7.03. The van der Waals surface area contributed by atoms with E-state index in [1.165, 1.54) is 81.2 Å². The summed E-state index contributed by atoms with van der Waals surface area (Å²) in [5.41, 5.74) is 3.03. The molecule has 3 rings (SSSR count). The number of thiazole rings is 1. The fraction of sp³-hybridized carbons (Fsp3) is 0.515. The summed E-state index contributed by atoms with van der Waals surface area (Å²) in [7, 11) is 0. The predicted molar refractivity (Wildman–Crippen MR) is 160 cm³/mol. The minimum Gasteiger partial charge on any atom is -0.494 e. The lowest BCUT2D eigenvalue weighted by Crippen LogP contribution is -2.34. The number of carbonyl (C=O) groups excluding carboxylic acids is 1. The van der Waals surface area contributed by atoms with Gasteiger partial charge in [0.2, 0.25) is 10.9 Å². The van der Waals surface area contributed by atoms with Crippen molar-refractivity contribution in [3.8, 4) is 5.75 Å². The van der Waals surface area contributed by atoms with E-state index in [9.17, 15) is 4.79 Å². The second kappa shape index (κ2) is 17.8. The number of nitrogens with one attached hydrogen (secondary N) is 1. The van der Waals surface area contributed by atoms with Gasteiger partial charge in [0, 0.05) is 18.2 Å². The van der Waals surface area contributed by atoms with Gasteiger partial charge in [0.05, 0.1) is 18.4 Å². The van der Waals surface area contributed by atoms with Gasteiger partial charge in [0.25, 0.3) is 0 Å². The van der Waals surface area contributed by atoms with Crippen molar-refractivity contribution < 1.29 is 14.1 Å². The Hall–Kier alpha value is -2.66. The lowest BCUT2D eigenvalue weighted by Gasteiger charge is -2.08. The largest absolute Gasteiger partial charge is 0.494 e. The van der Waals surface area contributed by atoms with Crippen LogP contribution in [0, 0.1) is 6.92 Å². The molecule has 206 valence electrons. The number of amides is 1.